The molecular weight excluding hydrogens is 522 g/mol. The van der Waals surface area contributed by atoms with Gasteiger partial charge in [-0.25, -0.2) is 9.69 Å². The Morgan fingerprint density at radius 3 is 2.69 bits per heavy atom. The minimum absolute atomic E-state index is 0.0507. The third-order valence-electron chi connectivity index (χ3n) is 6.61. The van der Waals surface area contributed by atoms with E-state index in [0.717, 1.165) is 41.0 Å². The number of carbonyl (C=O) groups excluding carboxylic acids is 3. The number of nitrogens with one attached hydrogen (secondary N) is 2. The number of nitrogens with zero attached hydrogens (tertiary/aromatic N) is 3. The molecule has 2 aliphatic rings. The summed E-state index contributed by atoms with van der Waals surface area (Å²) < 4.78 is 11.1. The van der Waals surface area contributed by atoms with E-state index in [1.165, 1.54) is 0 Å². The zero-order chi connectivity index (χ0) is 27.9. The average Bonchev–Trinajstić information content (AvgIpc) is 3.37. The van der Waals surface area contributed by atoms with Crippen molar-refractivity contribution >= 4 is 41.4 Å². The van der Waals surface area contributed by atoms with Crippen molar-refractivity contribution < 1.29 is 23.9 Å². The molecule has 208 valence electrons. The zero-order valence-corrected chi connectivity index (χ0v) is 23.1. The first-order valence-electron chi connectivity index (χ1n) is 13.0. The highest BCUT2D eigenvalue weighted by Gasteiger charge is 2.35. The molecule has 10 nitrogen and oxygen atoms in total. The molecular formula is C28H34ClN5O5. The van der Waals surface area contributed by atoms with Crippen LogP contribution in [0.5, 0.6) is 0 Å². The van der Waals surface area contributed by atoms with Gasteiger partial charge in [-0.15, -0.1) is 0 Å². The Kier molecular flexibility index (Phi) is 9.55. The van der Waals surface area contributed by atoms with E-state index in [1.807, 2.05) is 19.2 Å². The molecule has 2 heterocycles. The van der Waals surface area contributed by atoms with Gasteiger partial charge in [-0.1, -0.05) is 29.8 Å². The highest BCUT2D eigenvalue weighted by Crippen LogP contribution is 2.34. The number of esters is 1. The second-order valence-electron chi connectivity index (χ2n) is 9.55. The van der Waals surface area contributed by atoms with Crippen molar-refractivity contribution in [3.63, 3.8) is 0 Å². The third-order valence-corrected chi connectivity index (χ3v) is 6.83. The van der Waals surface area contributed by atoms with Crippen LogP contribution in [0.2, 0.25) is 5.02 Å². The first-order valence-corrected chi connectivity index (χ1v) is 13.4. The van der Waals surface area contributed by atoms with Crippen LogP contribution in [0.25, 0.3) is 0 Å². The Bertz CT molecular complexity index is 1200. The number of hydrogen-bond acceptors (Lipinski definition) is 8. The molecule has 4 rings (SSSR count). The normalized spacial score (nSPS) is 21.3. The maximum absolute atomic E-state index is 12.9. The molecule has 2 saturated heterocycles. The fourth-order valence-electron chi connectivity index (χ4n) is 4.70. The second kappa shape index (κ2) is 13.1. The fourth-order valence-corrected chi connectivity index (χ4v) is 4.97. The van der Waals surface area contributed by atoms with Crippen LogP contribution in [-0.4, -0.2) is 62.1 Å². The number of benzene rings is 2. The van der Waals surface area contributed by atoms with Gasteiger partial charge in [0.25, 0.3) is 0 Å². The Hall–Kier alpha value is -3.47. The summed E-state index contributed by atoms with van der Waals surface area (Å²) >= 11 is 6.30. The van der Waals surface area contributed by atoms with Crippen LogP contribution in [0.3, 0.4) is 0 Å². The monoisotopic (exact) mass is 555 g/mol. The van der Waals surface area contributed by atoms with Gasteiger partial charge in [0.1, 0.15) is 6.17 Å². The largest absolute Gasteiger partial charge is 0.466 e. The molecule has 0 radical (unpaired) electrons. The summed E-state index contributed by atoms with van der Waals surface area (Å²) in [6.45, 7) is 2.78. The summed E-state index contributed by atoms with van der Waals surface area (Å²) in [6.07, 6.45) is 2.67. The summed E-state index contributed by atoms with van der Waals surface area (Å²) in [7, 11) is 3.60. The van der Waals surface area contributed by atoms with Crippen molar-refractivity contribution in [1.29, 1.82) is 0 Å². The molecule has 11 heteroatoms. The van der Waals surface area contributed by atoms with Crippen molar-refractivity contribution in [3.05, 3.63) is 64.2 Å². The van der Waals surface area contributed by atoms with Crippen molar-refractivity contribution in [3.8, 4) is 0 Å². The summed E-state index contributed by atoms with van der Waals surface area (Å²) in [5.41, 5.74) is 3.30. The predicted octanol–water partition coefficient (Wildman–Crippen LogP) is 3.78. The van der Waals surface area contributed by atoms with Gasteiger partial charge in [0, 0.05) is 18.6 Å². The lowest BCUT2D eigenvalue weighted by Crippen LogP contribution is -2.59. The first kappa shape index (κ1) is 28.5. The smallest absolute Gasteiger partial charge is 0.330 e. The lowest BCUT2D eigenvalue weighted by Gasteiger charge is -2.34. The SMILES string of the molecule is CCOC(=O)Cc1ccc(N2C(=O)CC(N(C)N=CC3CCC(c4cc(Cl)cc(CNC)c4)O3)NC2=O)cc1. The lowest BCUT2D eigenvalue weighted by atomic mass is 10.0. The summed E-state index contributed by atoms with van der Waals surface area (Å²) in [5, 5.41) is 12.7. The molecule has 0 bridgehead atoms. The van der Waals surface area contributed by atoms with E-state index in [0.29, 0.717) is 17.3 Å². The minimum Gasteiger partial charge on any atom is -0.466 e. The number of hydrogen-bond donors (Lipinski definition) is 2. The molecule has 0 aliphatic carbocycles. The van der Waals surface area contributed by atoms with E-state index in [2.05, 4.69) is 21.8 Å². The molecule has 0 spiro atoms. The average molecular weight is 556 g/mol. The van der Waals surface area contributed by atoms with Gasteiger partial charge in [0.15, 0.2) is 0 Å². The number of carbonyl (C=O) groups is 3. The maximum Gasteiger partial charge on any atom is 0.330 e. The second-order valence-corrected chi connectivity index (χ2v) is 9.99. The van der Waals surface area contributed by atoms with Crippen LogP contribution in [0.1, 0.15) is 49.0 Å². The Morgan fingerprint density at radius 2 is 2.00 bits per heavy atom. The third kappa shape index (κ3) is 7.35. The van der Waals surface area contributed by atoms with Crippen LogP contribution in [-0.2, 0) is 32.0 Å². The fraction of sp³-hybridized carbons (Fsp3) is 0.429. The topological polar surface area (TPSA) is 113 Å². The van der Waals surface area contributed by atoms with E-state index in [4.69, 9.17) is 21.1 Å². The van der Waals surface area contributed by atoms with Gasteiger partial charge in [0.05, 0.1) is 43.6 Å². The molecule has 3 atom stereocenters. The van der Waals surface area contributed by atoms with Gasteiger partial charge >= 0.3 is 12.0 Å². The highest BCUT2D eigenvalue weighted by molar-refractivity contribution is 6.30. The van der Waals surface area contributed by atoms with Crippen LogP contribution in [0.4, 0.5) is 10.5 Å². The zero-order valence-electron chi connectivity index (χ0n) is 22.4. The van der Waals surface area contributed by atoms with Gasteiger partial charge in [-0.2, -0.15) is 5.10 Å². The number of rotatable bonds is 10. The lowest BCUT2D eigenvalue weighted by molar-refractivity contribution is -0.142. The maximum atomic E-state index is 12.9. The van der Waals surface area contributed by atoms with Crippen LogP contribution in [0.15, 0.2) is 47.6 Å². The Balaban J connectivity index is 1.32. The molecule has 2 aliphatic heterocycles. The molecule has 0 saturated carbocycles. The van der Waals surface area contributed by atoms with E-state index in [1.54, 1.807) is 49.5 Å². The molecule has 0 aromatic heterocycles. The number of urea groups is 1. The van der Waals surface area contributed by atoms with Gasteiger partial charge < -0.3 is 20.1 Å². The molecule has 3 amide bonds. The van der Waals surface area contributed by atoms with Crippen molar-refractivity contribution in [2.45, 2.75) is 57.5 Å². The molecule has 39 heavy (non-hydrogen) atoms. The number of imide groups is 1. The minimum atomic E-state index is -0.588. The van der Waals surface area contributed by atoms with Gasteiger partial charge in [-0.05, 0) is 67.8 Å². The van der Waals surface area contributed by atoms with E-state index >= 15 is 0 Å². The van der Waals surface area contributed by atoms with Crippen molar-refractivity contribution in [1.82, 2.24) is 15.6 Å². The van der Waals surface area contributed by atoms with E-state index in [-0.39, 0.29) is 36.9 Å². The quantitative estimate of drug-likeness (QED) is 0.261. The number of hydrazone groups is 1. The van der Waals surface area contributed by atoms with E-state index < -0.39 is 12.2 Å². The Labute approximate surface area is 233 Å². The number of amides is 3. The number of halogens is 1. The van der Waals surface area contributed by atoms with Crippen LogP contribution < -0.4 is 15.5 Å². The predicted molar refractivity (Wildman–Crippen MR) is 149 cm³/mol. The number of ether oxygens (including phenoxy) is 2. The molecule has 2 N–H and O–H groups in total. The highest BCUT2D eigenvalue weighted by atomic mass is 35.5. The standard InChI is InChI=1S/C28H34ClN5O5/c1-4-38-27(36)13-18-5-7-22(8-6-18)34-26(35)15-25(32-28(34)37)33(3)31-17-23-9-10-24(39-23)20-11-19(16-30-2)12-21(29)14-20/h5-8,11-12,14,17,23-25,30H,4,9-10,13,15-16H2,1-3H3,(H,32,37). The first-order chi connectivity index (χ1) is 18.8. The van der Waals surface area contributed by atoms with Crippen LogP contribution in [0, 0.1) is 0 Å². The summed E-state index contributed by atoms with van der Waals surface area (Å²) in [4.78, 5) is 38.5. The van der Waals surface area contributed by atoms with Crippen molar-refractivity contribution in [2.75, 3.05) is 25.6 Å². The summed E-state index contributed by atoms with van der Waals surface area (Å²) in [5.74, 6) is -0.676. The molecule has 2 aromatic carbocycles. The Morgan fingerprint density at radius 1 is 1.23 bits per heavy atom. The van der Waals surface area contributed by atoms with E-state index in [9.17, 15) is 14.4 Å². The van der Waals surface area contributed by atoms with Crippen molar-refractivity contribution in [2.24, 2.45) is 5.10 Å². The van der Waals surface area contributed by atoms with Gasteiger partial charge in [0.2, 0.25) is 5.91 Å². The number of anilines is 1. The molecule has 2 fully saturated rings. The molecule has 3 unspecified atom stereocenters. The summed E-state index contributed by atoms with van der Waals surface area (Å²) in [6, 6.07) is 12.1. The van der Waals surface area contributed by atoms with Gasteiger partial charge in [-0.3, -0.25) is 14.6 Å². The van der Waals surface area contributed by atoms with Crippen LogP contribution >= 0.6 is 11.6 Å². The molecule has 2 aromatic rings.